The molecule has 3 aromatic rings. The van der Waals surface area contributed by atoms with Gasteiger partial charge in [0.25, 0.3) is 0 Å². The Morgan fingerprint density at radius 2 is 2.35 bits per heavy atom. The van der Waals surface area contributed by atoms with E-state index in [0.717, 1.165) is 15.7 Å². The Balaban J connectivity index is 1.83. The highest BCUT2D eigenvalue weighted by atomic mass is 32.1. The van der Waals surface area contributed by atoms with E-state index in [9.17, 15) is 4.39 Å². The maximum atomic E-state index is 13.2. The second-order valence-electron chi connectivity index (χ2n) is 4.19. The molecule has 0 saturated heterocycles. The molecule has 2 heterocycles. The van der Waals surface area contributed by atoms with Gasteiger partial charge >= 0.3 is 0 Å². The van der Waals surface area contributed by atoms with E-state index < -0.39 is 0 Å². The fraction of sp³-hybridized carbons (Fsp3) is 0.231. The Morgan fingerprint density at radius 1 is 1.45 bits per heavy atom. The molecule has 0 unspecified atom stereocenters. The summed E-state index contributed by atoms with van der Waals surface area (Å²) < 4.78 is 19.9. The lowest BCUT2D eigenvalue weighted by atomic mass is 10.2. The summed E-state index contributed by atoms with van der Waals surface area (Å²) in [5, 5.41) is 8.30. The van der Waals surface area contributed by atoms with Crippen LogP contribution in [0.4, 0.5) is 9.52 Å². The molecule has 0 bridgehead atoms. The average molecular weight is 292 g/mol. The van der Waals surface area contributed by atoms with Gasteiger partial charge < -0.3 is 10.1 Å². The van der Waals surface area contributed by atoms with Crippen molar-refractivity contribution in [3.63, 3.8) is 0 Å². The summed E-state index contributed by atoms with van der Waals surface area (Å²) in [4.78, 5) is 5.22. The molecule has 104 valence electrons. The van der Waals surface area contributed by atoms with Crippen LogP contribution in [0, 0.1) is 5.82 Å². The number of halogens is 1. The van der Waals surface area contributed by atoms with Crippen molar-refractivity contribution in [1.29, 1.82) is 0 Å². The van der Waals surface area contributed by atoms with Gasteiger partial charge in [0.15, 0.2) is 0 Å². The number of benzene rings is 1. The zero-order valence-electron chi connectivity index (χ0n) is 10.8. The molecule has 1 N–H and O–H groups in total. The largest absolute Gasteiger partial charge is 0.383 e. The molecule has 0 aliphatic carbocycles. The number of hydrogen-bond donors (Lipinski definition) is 1. The quantitative estimate of drug-likeness (QED) is 0.735. The van der Waals surface area contributed by atoms with E-state index in [4.69, 9.17) is 4.74 Å². The standard InChI is InChI=1S/C13H13FN4OS/c1-19-6-5-15-12-17-18-8-11(16-13(18)20-12)9-3-2-4-10(14)7-9/h2-4,7-8H,5-6H2,1H3,(H,15,17). The van der Waals surface area contributed by atoms with E-state index in [1.54, 1.807) is 23.9 Å². The topological polar surface area (TPSA) is 51.5 Å². The molecule has 0 aliphatic heterocycles. The van der Waals surface area contributed by atoms with E-state index in [2.05, 4.69) is 15.4 Å². The molecule has 3 rings (SSSR count). The lowest BCUT2D eigenvalue weighted by molar-refractivity contribution is 0.210. The normalized spacial score (nSPS) is 11.1. The number of aromatic nitrogens is 3. The van der Waals surface area contributed by atoms with Crippen LogP contribution in [0.3, 0.4) is 0 Å². The van der Waals surface area contributed by atoms with Gasteiger partial charge in [0.1, 0.15) is 5.82 Å². The third-order valence-electron chi connectivity index (χ3n) is 2.75. The minimum atomic E-state index is -0.270. The summed E-state index contributed by atoms with van der Waals surface area (Å²) in [7, 11) is 1.65. The number of nitrogens with zero attached hydrogens (tertiary/aromatic N) is 3. The molecule has 0 atom stereocenters. The third kappa shape index (κ3) is 2.63. The summed E-state index contributed by atoms with van der Waals surface area (Å²) in [6.45, 7) is 1.32. The van der Waals surface area contributed by atoms with Crippen molar-refractivity contribution in [3.05, 3.63) is 36.3 Å². The van der Waals surface area contributed by atoms with Crippen LogP contribution >= 0.6 is 11.3 Å². The highest BCUT2D eigenvalue weighted by Gasteiger charge is 2.09. The van der Waals surface area contributed by atoms with Crippen LogP contribution < -0.4 is 5.32 Å². The second kappa shape index (κ2) is 5.56. The molecule has 0 radical (unpaired) electrons. The first kappa shape index (κ1) is 13.0. The number of nitrogens with one attached hydrogen (secondary N) is 1. The molecule has 2 aromatic heterocycles. The smallest absolute Gasteiger partial charge is 0.214 e. The zero-order valence-corrected chi connectivity index (χ0v) is 11.7. The van der Waals surface area contributed by atoms with Gasteiger partial charge in [-0.15, -0.1) is 5.10 Å². The summed E-state index contributed by atoms with van der Waals surface area (Å²) in [6, 6.07) is 6.37. The fourth-order valence-corrected chi connectivity index (χ4v) is 2.63. The van der Waals surface area contributed by atoms with E-state index in [1.165, 1.54) is 23.5 Å². The molecule has 0 fully saturated rings. The lowest BCUT2D eigenvalue weighted by Crippen LogP contribution is -2.07. The molecule has 0 amide bonds. The first-order valence-electron chi connectivity index (χ1n) is 6.11. The van der Waals surface area contributed by atoms with Crippen molar-refractivity contribution >= 4 is 21.4 Å². The van der Waals surface area contributed by atoms with Crippen LogP contribution in [0.1, 0.15) is 0 Å². The molecule has 0 spiro atoms. The van der Waals surface area contributed by atoms with Gasteiger partial charge in [-0.2, -0.15) is 0 Å². The van der Waals surface area contributed by atoms with Crippen molar-refractivity contribution in [1.82, 2.24) is 14.6 Å². The minimum absolute atomic E-state index is 0.270. The number of anilines is 1. The predicted octanol–water partition coefficient (Wildman–Crippen LogP) is 2.66. The van der Waals surface area contributed by atoms with Gasteiger partial charge in [0, 0.05) is 19.2 Å². The molecular formula is C13H13FN4OS. The number of imidazole rings is 1. The van der Waals surface area contributed by atoms with Crippen LogP contribution in [0.25, 0.3) is 16.2 Å². The van der Waals surface area contributed by atoms with Gasteiger partial charge in [-0.25, -0.2) is 13.9 Å². The second-order valence-corrected chi connectivity index (χ2v) is 5.15. The highest BCUT2D eigenvalue weighted by Crippen LogP contribution is 2.24. The Hall–Kier alpha value is -1.99. The number of rotatable bonds is 5. The molecule has 7 heteroatoms. The maximum Gasteiger partial charge on any atom is 0.214 e. The summed E-state index contributed by atoms with van der Waals surface area (Å²) in [6.07, 6.45) is 1.79. The summed E-state index contributed by atoms with van der Waals surface area (Å²) in [5.74, 6) is -0.270. The van der Waals surface area contributed by atoms with Crippen molar-refractivity contribution in [3.8, 4) is 11.3 Å². The van der Waals surface area contributed by atoms with Gasteiger partial charge in [-0.1, -0.05) is 23.5 Å². The molecule has 1 aromatic carbocycles. The molecular weight excluding hydrogens is 279 g/mol. The van der Waals surface area contributed by atoms with Crippen molar-refractivity contribution in [2.24, 2.45) is 0 Å². The molecule has 20 heavy (non-hydrogen) atoms. The third-order valence-corrected chi connectivity index (χ3v) is 3.63. The summed E-state index contributed by atoms with van der Waals surface area (Å²) >= 11 is 1.45. The van der Waals surface area contributed by atoms with E-state index in [0.29, 0.717) is 18.8 Å². The van der Waals surface area contributed by atoms with Crippen LogP contribution in [0.15, 0.2) is 30.5 Å². The predicted molar refractivity (Wildman–Crippen MR) is 76.6 cm³/mol. The van der Waals surface area contributed by atoms with Crippen molar-refractivity contribution in [2.75, 3.05) is 25.6 Å². The number of ether oxygens (including phenoxy) is 1. The number of hydrogen-bond acceptors (Lipinski definition) is 5. The Bertz CT molecular complexity index is 693. The Morgan fingerprint density at radius 3 is 3.10 bits per heavy atom. The number of methoxy groups -OCH3 is 1. The summed E-state index contributed by atoms with van der Waals surface area (Å²) in [5.41, 5.74) is 1.46. The average Bonchev–Trinajstić information content (AvgIpc) is 2.97. The van der Waals surface area contributed by atoms with Crippen LogP contribution in [-0.2, 0) is 4.74 Å². The Kier molecular flexibility index (Phi) is 3.62. The van der Waals surface area contributed by atoms with E-state index in [-0.39, 0.29) is 5.82 Å². The SMILES string of the molecule is COCCNc1nn2cc(-c3cccc(F)c3)nc2s1. The van der Waals surface area contributed by atoms with E-state index in [1.807, 2.05) is 6.07 Å². The van der Waals surface area contributed by atoms with Crippen LogP contribution in [0.5, 0.6) is 0 Å². The van der Waals surface area contributed by atoms with Crippen LogP contribution in [0.2, 0.25) is 0 Å². The highest BCUT2D eigenvalue weighted by molar-refractivity contribution is 7.20. The first-order chi connectivity index (χ1) is 9.76. The zero-order chi connectivity index (χ0) is 13.9. The van der Waals surface area contributed by atoms with Crippen molar-refractivity contribution < 1.29 is 9.13 Å². The Labute approximate surface area is 119 Å². The first-order valence-corrected chi connectivity index (χ1v) is 6.93. The van der Waals surface area contributed by atoms with Gasteiger partial charge in [0.2, 0.25) is 10.1 Å². The van der Waals surface area contributed by atoms with Crippen LogP contribution in [-0.4, -0.2) is 34.9 Å². The van der Waals surface area contributed by atoms with Gasteiger partial charge in [-0.3, -0.25) is 0 Å². The van der Waals surface area contributed by atoms with Gasteiger partial charge in [0.05, 0.1) is 18.5 Å². The molecule has 5 nitrogen and oxygen atoms in total. The monoisotopic (exact) mass is 292 g/mol. The fourth-order valence-electron chi connectivity index (χ4n) is 1.82. The minimum Gasteiger partial charge on any atom is -0.383 e. The maximum absolute atomic E-state index is 13.2. The lowest BCUT2D eigenvalue weighted by Gasteiger charge is -1.99. The van der Waals surface area contributed by atoms with E-state index >= 15 is 0 Å². The molecule has 0 saturated carbocycles. The molecule has 0 aliphatic rings. The van der Waals surface area contributed by atoms with Gasteiger partial charge in [-0.05, 0) is 12.1 Å². The number of fused-ring (bicyclic) bond motifs is 1. The van der Waals surface area contributed by atoms with Crippen molar-refractivity contribution in [2.45, 2.75) is 0 Å².